The second-order valence-corrected chi connectivity index (χ2v) is 14.2. The Morgan fingerprint density at radius 2 is 1.52 bits per heavy atom. The Kier molecular flexibility index (Phi) is 6.66. The molecule has 4 nitrogen and oxygen atoms in total. The molecule has 6 heteroatoms. The number of nitrogens with two attached hydrogens (primary N) is 1. The van der Waals surface area contributed by atoms with Gasteiger partial charge in [0.05, 0.1) is 0 Å². The third-order valence-electron chi connectivity index (χ3n) is 6.45. The molecule has 2 atom stereocenters. The van der Waals surface area contributed by atoms with Crippen LogP contribution < -0.4 is 16.1 Å². The number of carbonyl (C=O) groups excluding carboxylic acids is 1. The first-order valence-corrected chi connectivity index (χ1v) is 13.5. The number of benzene rings is 3. The molecule has 0 spiro atoms. The smallest absolute Gasteiger partial charge is 0.404 e. The normalized spacial score (nSPS) is 18.4. The topological polar surface area (TPSA) is 61.6 Å². The van der Waals surface area contributed by atoms with Gasteiger partial charge in [0.25, 0.3) is 8.32 Å². The highest BCUT2D eigenvalue weighted by Gasteiger charge is 2.53. The molecule has 0 aromatic heterocycles. The molecule has 1 amide bonds. The molecule has 0 saturated carbocycles. The Morgan fingerprint density at radius 1 is 0.939 bits per heavy atom. The maximum Gasteiger partial charge on any atom is 0.404 e. The minimum Gasteiger partial charge on any atom is -0.443 e. The van der Waals surface area contributed by atoms with Crippen molar-refractivity contribution in [2.75, 3.05) is 0 Å². The second kappa shape index (κ2) is 9.33. The Morgan fingerprint density at radius 3 is 2.03 bits per heavy atom. The van der Waals surface area contributed by atoms with E-state index in [0.717, 1.165) is 27.9 Å². The quantitative estimate of drug-likeness (QED) is 0.500. The molecule has 0 aliphatic heterocycles. The van der Waals surface area contributed by atoms with Crippen LogP contribution in [0.3, 0.4) is 0 Å². The van der Waals surface area contributed by atoms with E-state index in [4.69, 9.17) is 26.5 Å². The molecule has 1 aliphatic carbocycles. The van der Waals surface area contributed by atoms with E-state index in [2.05, 4.69) is 51.1 Å². The summed E-state index contributed by atoms with van der Waals surface area (Å²) >= 11 is 6.74. The lowest BCUT2D eigenvalue weighted by molar-refractivity contribution is 0.00355. The van der Waals surface area contributed by atoms with Crippen LogP contribution in [0.1, 0.15) is 44.4 Å². The summed E-state index contributed by atoms with van der Waals surface area (Å²) in [6.45, 7) is 6.67. The van der Waals surface area contributed by atoms with Crippen molar-refractivity contribution in [1.82, 2.24) is 0 Å². The zero-order valence-electron chi connectivity index (χ0n) is 19.3. The third-order valence-corrected chi connectivity index (χ3v) is 11.8. The van der Waals surface area contributed by atoms with Gasteiger partial charge in [-0.15, -0.1) is 0 Å². The molecular weight excluding hydrogens is 450 g/mol. The summed E-state index contributed by atoms with van der Waals surface area (Å²) in [5.74, 6) is 0. The number of aryl methyl sites for hydroxylation is 1. The summed E-state index contributed by atoms with van der Waals surface area (Å²) in [5.41, 5.74) is 7.49. The first-order chi connectivity index (χ1) is 15.7. The highest BCUT2D eigenvalue weighted by molar-refractivity contribution is 6.99. The van der Waals surface area contributed by atoms with Crippen LogP contribution in [0.4, 0.5) is 4.79 Å². The average molecular weight is 480 g/mol. The number of fused-ring (bicyclic) bond motifs is 1. The van der Waals surface area contributed by atoms with Crippen molar-refractivity contribution in [2.45, 2.75) is 50.9 Å². The van der Waals surface area contributed by atoms with E-state index in [1.54, 1.807) is 0 Å². The molecule has 0 saturated heterocycles. The predicted octanol–water partition coefficient (Wildman–Crippen LogP) is 5.37. The van der Waals surface area contributed by atoms with E-state index in [-0.39, 0.29) is 5.04 Å². The Bertz CT molecular complexity index is 1080. The predicted molar refractivity (Wildman–Crippen MR) is 136 cm³/mol. The lowest BCUT2D eigenvalue weighted by atomic mass is 9.87. The fourth-order valence-electron chi connectivity index (χ4n) is 5.04. The summed E-state index contributed by atoms with van der Waals surface area (Å²) in [7, 11) is -2.91. The van der Waals surface area contributed by atoms with Crippen molar-refractivity contribution in [2.24, 2.45) is 5.73 Å². The Hall–Kier alpha value is -2.60. The maximum atomic E-state index is 11.8. The van der Waals surface area contributed by atoms with Crippen LogP contribution in [0.5, 0.6) is 0 Å². The van der Waals surface area contributed by atoms with Crippen LogP contribution in [0.15, 0.2) is 78.9 Å². The van der Waals surface area contributed by atoms with Gasteiger partial charge in [0.2, 0.25) is 0 Å². The molecule has 0 bridgehead atoms. The maximum absolute atomic E-state index is 11.8. The van der Waals surface area contributed by atoms with Gasteiger partial charge in [0, 0.05) is 10.6 Å². The molecule has 3 aromatic rings. The first kappa shape index (κ1) is 23.6. The number of primary amides is 1. The number of amides is 1. The molecule has 1 aliphatic rings. The van der Waals surface area contributed by atoms with Crippen LogP contribution in [0.2, 0.25) is 10.1 Å². The van der Waals surface area contributed by atoms with Crippen LogP contribution in [-0.4, -0.2) is 20.5 Å². The molecule has 33 heavy (non-hydrogen) atoms. The van der Waals surface area contributed by atoms with Gasteiger partial charge in [-0.05, 0) is 39.9 Å². The van der Waals surface area contributed by atoms with Gasteiger partial charge in [0.15, 0.2) is 0 Å². The number of hydrogen-bond acceptors (Lipinski definition) is 3. The molecule has 172 valence electrons. The molecular formula is C27H30ClNO3Si. The van der Waals surface area contributed by atoms with E-state index in [9.17, 15) is 4.79 Å². The number of carbonyl (C=O) groups is 1. The lowest BCUT2D eigenvalue weighted by Crippen LogP contribution is -2.67. The zero-order chi connectivity index (χ0) is 23.6. The summed E-state index contributed by atoms with van der Waals surface area (Å²) < 4.78 is 13.0. The van der Waals surface area contributed by atoms with Crippen molar-refractivity contribution >= 4 is 36.4 Å². The number of hydrogen-bond donors (Lipinski definition) is 1. The second-order valence-electron chi connectivity index (χ2n) is 9.53. The summed E-state index contributed by atoms with van der Waals surface area (Å²) in [6, 6.07) is 26.7. The van der Waals surface area contributed by atoms with E-state index >= 15 is 0 Å². The number of ether oxygens (including phenoxy) is 1. The van der Waals surface area contributed by atoms with Gasteiger partial charge in [-0.25, -0.2) is 4.79 Å². The van der Waals surface area contributed by atoms with Gasteiger partial charge >= 0.3 is 6.09 Å². The van der Waals surface area contributed by atoms with Gasteiger partial charge in [0.1, 0.15) is 12.2 Å². The number of halogens is 1. The van der Waals surface area contributed by atoms with E-state index in [1.807, 2.05) is 48.5 Å². The standard InChI is InChI=1S/C27H30ClNO3Si/c1-27(2,3)33(20-12-6-4-7-13-20,21-14-8-5-9-15-21)32-25-23(31-26(29)30)18-17-19-11-10-16-22(28)24(19)25/h4-16,23,25H,17-18H2,1-3H3,(H2,29,30). The molecule has 4 rings (SSSR count). The Labute approximate surface area is 201 Å². The van der Waals surface area contributed by atoms with Crippen LogP contribution in [0, 0.1) is 0 Å². The SMILES string of the molecule is CC(C)(C)[Si](OC1c2c(Cl)cccc2CCC1OC(N)=O)(c1ccccc1)c1ccccc1. The van der Waals surface area contributed by atoms with Crippen LogP contribution in [-0.2, 0) is 15.6 Å². The minimum atomic E-state index is -2.91. The van der Waals surface area contributed by atoms with Gasteiger partial charge in [-0.2, -0.15) is 0 Å². The molecule has 2 unspecified atom stereocenters. The fraction of sp³-hybridized carbons (Fsp3) is 0.296. The van der Waals surface area contributed by atoms with E-state index < -0.39 is 26.6 Å². The highest BCUT2D eigenvalue weighted by Crippen LogP contribution is 2.45. The van der Waals surface area contributed by atoms with Crippen molar-refractivity contribution in [3.05, 3.63) is 95.0 Å². The van der Waals surface area contributed by atoms with Crippen molar-refractivity contribution < 1.29 is 14.0 Å². The average Bonchev–Trinajstić information content (AvgIpc) is 2.78. The van der Waals surface area contributed by atoms with Crippen molar-refractivity contribution in [3.63, 3.8) is 0 Å². The van der Waals surface area contributed by atoms with Crippen molar-refractivity contribution in [3.8, 4) is 0 Å². The first-order valence-electron chi connectivity index (χ1n) is 11.3. The fourth-order valence-corrected chi connectivity index (χ4v) is 10.0. The van der Waals surface area contributed by atoms with Crippen molar-refractivity contribution in [1.29, 1.82) is 0 Å². The van der Waals surface area contributed by atoms with Gasteiger partial charge in [-0.3, -0.25) is 0 Å². The van der Waals surface area contributed by atoms with Gasteiger partial charge < -0.3 is 14.9 Å². The monoisotopic (exact) mass is 479 g/mol. The summed E-state index contributed by atoms with van der Waals surface area (Å²) in [5, 5.41) is 2.70. The zero-order valence-corrected chi connectivity index (χ0v) is 21.0. The molecule has 0 fully saturated rings. The number of rotatable bonds is 5. The van der Waals surface area contributed by atoms with E-state index in [1.165, 1.54) is 0 Å². The molecule has 2 N–H and O–H groups in total. The molecule has 3 aromatic carbocycles. The minimum absolute atomic E-state index is 0.230. The van der Waals surface area contributed by atoms with Gasteiger partial charge in [-0.1, -0.05) is 105 Å². The summed E-state index contributed by atoms with van der Waals surface area (Å²) in [4.78, 5) is 11.8. The van der Waals surface area contributed by atoms with Crippen LogP contribution >= 0.6 is 11.6 Å². The largest absolute Gasteiger partial charge is 0.443 e. The molecule has 0 radical (unpaired) electrons. The van der Waals surface area contributed by atoms with Crippen LogP contribution in [0.25, 0.3) is 0 Å². The van der Waals surface area contributed by atoms with E-state index in [0.29, 0.717) is 11.4 Å². The Balaban J connectivity index is 1.96. The lowest BCUT2D eigenvalue weighted by Gasteiger charge is -2.47. The highest BCUT2D eigenvalue weighted by atomic mass is 35.5. The third kappa shape index (κ3) is 4.45. The summed E-state index contributed by atoms with van der Waals surface area (Å²) in [6.07, 6.45) is -0.475. The molecule has 0 heterocycles.